The van der Waals surface area contributed by atoms with Gasteiger partial charge in [0.15, 0.2) is 23.0 Å². The number of nitrogen functional groups attached to an aromatic ring is 1. The Morgan fingerprint density at radius 1 is 1.49 bits per heavy atom. The van der Waals surface area contributed by atoms with E-state index >= 15 is 0 Å². The quantitative estimate of drug-likeness (QED) is 0.0586. The predicted molar refractivity (Wildman–Crippen MR) is 150 cm³/mol. The number of carbonyl (C=O) groups excluding carboxylic acids is 2. The number of carboxylic acids is 1. The first-order valence-corrected chi connectivity index (χ1v) is 13.6. The summed E-state index contributed by atoms with van der Waals surface area (Å²) in [5.74, 6) is -0.256. The third kappa shape index (κ3) is 4.83. The number of carboxylic acid groups (broad SMARTS) is 1. The van der Waals surface area contributed by atoms with Gasteiger partial charge in [0.1, 0.15) is 34.6 Å². The molecule has 0 aliphatic carbocycles. The number of aromatic nitrogens is 1. The van der Waals surface area contributed by atoms with Gasteiger partial charge in [-0.2, -0.15) is 0 Å². The number of oxime groups is 1. The number of likely N-dealkylation sites (N-methyl/N-ethyl adjacent to an activating group) is 1. The molecule has 2 amide bonds. The van der Waals surface area contributed by atoms with Crippen LogP contribution in [0.15, 0.2) is 38.7 Å². The van der Waals surface area contributed by atoms with Crippen molar-refractivity contribution < 1.29 is 24.3 Å². The zero-order chi connectivity index (χ0) is 28.5. The van der Waals surface area contributed by atoms with E-state index in [0.717, 1.165) is 21.6 Å². The molecule has 0 radical (unpaired) electrons. The lowest BCUT2D eigenvalue weighted by molar-refractivity contribution is -0.153. The van der Waals surface area contributed by atoms with Crippen molar-refractivity contribution in [3.8, 4) is 12.3 Å². The molecule has 4 heterocycles. The maximum absolute atomic E-state index is 13.6. The fraction of sp³-hybridized carbons (Fsp3) is 0.318. The topological polar surface area (TPSA) is 215 Å². The SMILES string of the molecule is C#CCO/N=C(\C(=O)NC1(C=S)C(=O)N2C(C(=O)O)=C(C3=NC(N)=CC(N)N3CC)CS[C@H]21)c1csc(N)n1. The molecule has 1 aromatic heterocycles. The average Bonchev–Trinajstić information content (AvgIpc) is 3.33. The molecule has 39 heavy (non-hydrogen) atoms. The largest absolute Gasteiger partial charge is 0.477 e. The van der Waals surface area contributed by atoms with Crippen LogP contribution in [0.1, 0.15) is 12.6 Å². The Morgan fingerprint density at radius 2 is 2.23 bits per heavy atom. The zero-order valence-corrected chi connectivity index (χ0v) is 22.8. The fourth-order valence-electron chi connectivity index (χ4n) is 4.22. The molecule has 1 aromatic rings. The summed E-state index contributed by atoms with van der Waals surface area (Å²) in [4.78, 5) is 55.5. The number of nitrogens with zero attached hydrogens (tertiary/aromatic N) is 5. The highest BCUT2D eigenvalue weighted by Crippen LogP contribution is 2.46. The van der Waals surface area contributed by atoms with Crippen molar-refractivity contribution in [3.63, 3.8) is 0 Å². The van der Waals surface area contributed by atoms with Crippen molar-refractivity contribution in [1.82, 2.24) is 20.1 Å². The number of hydrogen-bond donors (Lipinski definition) is 5. The summed E-state index contributed by atoms with van der Waals surface area (Å²) in [5, 5.41) is 18.4. The number of rotatable bonds is 9. The molecule has 8 N–H and O–H groups in total. The van der Waals surface area contributed by atoms with Crippen molar-refractivity contribution in [2.45, 2.75) is 24.0 Å². The Bertz CT molecular complexity index is 1410. The number of anilines is 1. The van der Waals surface area contributed by atoms with Crippen molar-refractivity contribution in [1.29, 1.82) is 0 Å². The fourth-order valence-corrected chi connectivity index (χ4v) is 6.57. The number of amidine groups is 1. The number of amides is 2. The standard InChI is InChI=1S/C22H23N9O5S3/c1-3-5-36-29-14(11-8-39-21(25)26-11)17(32)28-22(9-37)19(35)31-15(18(33)34)10(7-38-20(22)31)16-27-12(23)6-13(24)30(16)4-2/h1,6,8-9,13,20H,4-5,7,23-24H2,2H3,(H2,25,26)(H,28,32)(H,33,34)/b29-14-/t13?,20-,22?/m0/s1. The Balaban J connectivity index is 1.69. The number of β-lactam (4-membered cyclic amide) rings is 1. The van der Waals surface area contributed by atoms with Crippen LogP contribution in [0.4, 0.5) is 5.13 Å². The smallest absolute Gasteiger partial charge is 0.353 e. The van der Waals surface area contributed by atoms with Gasteiger partial charge in [0.25, 0.3) is 11.8 Å². The lowest BCUT2D eigenvalue weighted by atomic mass is 9.87. The Hall–Kier alpha value is -3.98. The van der Waals surface area contributed by atoms with Crippen LogP contribution in [-0.4, -0.2) is 90.6 Å². The maximum Gasteiger partial charge on any atom is 0.353 e. The van der Waals surface area contributed by atoms with E-state index in [9.17, 15) is 19.5 Å². The molecule has 4 rings (SSSR count). The summed E-state index contributed by atoms with van der Waals surface area (Å²) >= 11 is 7.43. The third-order valence-electron chi connectivity index (χ3n) is 5.92. The van der Waals surface area contributed by atoms with Crippen molar-refractivity contribution in [3.05, 3.63) is 34.2 Å². The van der Waals surface area contributed by atoms with Gasteiger partial charge in [-0.25, -0.2) is 14.8 Å². The van der Waals surface area contributed by atoms with E-state index in [1.54, 1.807) is 4.90 Å². The summed E-state index contributed by atoms with van der Waals surface area (Å²) in [7, 11) is 0. The number of carbonyl (C=O) groups is 3. The van der Waals surface area contributed by atoms with E-state index in [2.05, 4.69) is 26.4 Å². The van der Waals surface area contributed by atoms with Crippen molar-refractivity contribution >= 4 is 75.1 Å². The van der Waals surface area contributed by atoms with Crippen LogP contribution < -0.4 is 22.5 Å². The van der Waals surface area contributed by atoms with Crippen LogP contribution >= 0.6 is 35.3 Å². The van der Waals surface area contributed by atoms with Gasteiger partial charge in [0.05, 0.1) is 0 Å². The summed E-state index contributed by atoms with van der Waals surface area (Å²) < 4.78 is 0. The van der Waals surface area contributed by atoms with Gasteiger partial charge in [0.2, 0.25) is 0 Å². The van der Waals surface area contributed by atoms with Crippen molar-refractivity contribution in [2.24, 2.45) is 21.6 Å². The molecular formula is C22H23N9O5S3. The molecule has 1 fully saturated rings. The van der Waals surface area contributed by atoms with Crippen LogP contribution in [-0.2, 0) is 19.2 Å². The lowest BCUT2D eigenvalue weighted by Gasteiger charge is -2.55. The molecule has 3 aliphatic rings. The number of aliphatic carboxylic acids is 1. The first kappa shape index (κ1) is 28.0. The number of aliphatic imine (C=N–C) groups is 1. The van der Waals surface area contributed by atoms with Crippen LogP contribution in [0.2, 0.25) is 0 Å². The molecule has 1 saturated heterocycles. The third-order valence-corrected chi connectivity index (χ3v) is 8.32. The van der Waals surface area contributed by atoms with E-state index in [4.69, 9.17) is 40.7 Å². The second kappa shape index (κ2) is 11.0. The molecular weight excluding hydrogens is 567 g/mol. The number of nitrogens with one attached hydrogen (secondary N) is 1. The minimum absolute atomic E-state index is 0.0943. The number of terminal acetylenes is 1. The highest BCUT2D eigenvalue weighted by atomic mass is 32.2. The minimum Gasteiger partial charge on any atom is -0.477 e. The van der Waals surface area contributed by atoms with Crippen LogP contribution in [0.25, 0.3) is 0 Å². The molecule has 204 valence electrons. The summed E-state index contributed by atoms with van der Waals surface area (Å²) in [5.41, 5.74) is 15.8. The average molecular weight is 590 g/mol. The molecule has 3 aliphatic heterocycles. The van der Waals surface area contributed by atoms with E-state index in [0.29, 0.717) is 6.54 Å². The molecule has 2 unspecified atom stereocenters. The molecule has 3 atom stereocenters. The lowest BCUT2D eigenvalue weighted by Crippen LogP contribution is -2.81. The number of thiazole rings is 1. The summed E-state index contributed by atoms with van der Waals surface area (Å²) in [6.07, 6.45) is 6.09. The highest BCUT2D eigenvalue weighted by molar-refractivity contribution is 8.00. The van der Waals surface area contributed by atoms with E-state index in [1.165, 1.54) is 23.2 Å². The van der Waals surface area contributed by atoms with E-state index < -0.39 is 34.9 Å². The molecule has 0 aromatic carbocycles. The highest BCUT2D eigenvalue weighted by Gasteiger charge is 2.65. The number of fused-ring (bicyclic) bond motifs is 1. The van der Waals surface area contributed by atoms with Crippen LogP contribution in [0.3, 0.4) is 0 Å². The normalized spacial score (nSPS) is 24.6. The van der Waals surface area contributed by atoms with Gasteiger partial charge in [-0.1, -0.05) is 23.3 Å². The van der Waals surface area contributed by atoms with Gasteiger partial charge >= 0.3 is 5.97 Å². The van der Waals surface area contributed by atoms with E-state index in [-0.39, 0.29) is 51.8 Å². The first-order chi connectivity index (χ1) is 18.6. The number of thioether (sulfide) groups is 1. The number of nitrogens with two attached hydrogens (primary N) is 3. The Morgan fingerprint density at radius 3 is 2.82 bits per heavy atom. The Kier molecular flexibility index (Phi) is 7.92. The maximum atomic E-state index is 13.6. The van der Waals surface area contributed by atoms with Crippen LogP contribution in [0, 0.1) is 12.3 Å². The monoisotopic (exact) mass is 589 g/mol. The molecule has 0 bridgehead atoms. The second-order valence-corrected chi connectivity index (χ2v) is 10.4. The van der Waals surface area contributed by atoms with E-state index in [1.807, 2.05) is 6.92 Å². The number of thiocarbonyl (C=S) groups is 1. The summed E-state index contributed by atoms with van der Waals surface area (Å²) in [6, 6.07) is 0. The predicted octanol–water partition coefficient (Wildman–Crippen LogP) is -0.993. The van der Waals surface area contributed by atoms with Gasteiger partial charge in [-0.15, -0.1) is 29.5 Å². The molecule has 17 heteroatoms. The van der Waals surface area contributed by atoms with Gasteiger partial charge in [-0.3, -0.25) is 14.5 Å². The van der Waals surface area contributed by atoms with Crippen LogP contribution in [0.5, 0.6) is 0 Å². The molecule has 14 nitrogen and oxygen atoms in total. The second-order valence-electron chi connectivity index (χ2n) is 8.20. The molecule has 0 saturated carbocycles. The minimum atomic E-state index is -1.73. The first-order valence-electron chi connectivity index (χ1n) is 11.2. The van der Waals surface area contributed by atoms with Gasteiger partial charge in [-0.05, 0) is 13.0 Å². The Labute approximate surface area is 236 Å². The molecule has 0 spiro atoms. The summed E-state index contributed by atoms with van der Waals surface area (Å²) in [6.45, 7) is 2.01. The van der Waals surface area contributed by atoms with Gasteiger partial charge in [0, 0.05) is 28.6 Å². The van der Waals surface area contributed by atoms with Gasteiger partial charge < -0.3 is 37.4 Å². The number of hydrogen-bond acceptors (Lipinski definition) is 14. The van der Waals surface area contributed by atoms with Crippen molar-refractivity contribution in [2.75, 3.05) is 24.6 Å². The zero-order valence-electron chi connectivity index (χ0n) is 20.4.